The molecular formula is C11H14F2N2O3. The fourth-order valence-corrected chi connectivity index (χ4v) is 1.22. The second-order valence-electron chi connectivity index (χ2n) is 4.72. The first-order valence-electron chi connectivity index (χ1n) is 5.25. The van der Waals surface area contributed by atoms with E-state index in [1.165, 1.54) is 0 Å². The van der Waals surface area contributed by atoms with Gasteiger partial charge in [-0.15, -0.1) is 0 Å². The summed E-state index contributed by atoms with van der Waals surface area (Å²) in [4.78, 5) is 9.53. The Morgan fingerprint density at radius 2 is 1.89 bits per heavy atom. The van der Waals surface area contributed by atoms with Gasteiger partial charge in [-0.05, 0) is 0 Å². The Labute approximate surface area is 103 Å². The van der Waals surface area contributed by atoms with Gasteiger partial charge in [0.15, 0.2) is 11.6 Å². The summed E-state index contributed by atoms with van der Waals surface area (Å²) in [7, 11) is 0. The van der Waals surface area contributed by atoms with Crippen LogP contribution in [-0.2, 0) is 0 Å². The van der Waals surface area contributed by atoms with E-state index in [9.17, 15) is 18.9 Å². The molecule has 18 heavy (non-hydrogen) atoms. The van der Waals surface area contributed by atoms with Gasteiger partial charge in [0.05, 0.1) is 17.1 Å². The largest absolute Gasteiger partial charge is 0.396 e. The molecule has 5 nitrogen and oxygen atoms in total. The normalized spacial score (nSPS) is 11.4. The Hall–Kier alpha value is -1.76. The number of benzene rings is 1. The lowest BCUT2D eigenvalue weighted by Gasteiger charge is -2.22. The van der Waals surface area contributed by atoms with Crippen molar-refractivity contribution in [2.45, 2.75) is 13.8 Å². The van der Waals surface area contributed by atoms with Crippen molar-refractivity contribution in [3.63, 3.8) is 0 Å². The monoisotopic (exact) mass is 260 g/mol. The van der Waals surface area contributed by atoms with E-state index in [1.807, 2.05) is 0 Å². The van der Waals surface area contributed by atoms with Crippen LogP contribution in [0.5, 0.6) is 0 Å². The molecule has 0 heterocycles. The third kappa shape index (κ3) is 3.36. The zero-order valence-electron chi connectivity index (χ0n) is 10.0. The summed E-state index contributed by atoms with van der Waals surface area (Å²) in [6.45, 7) is 3.40. The molecule has 1 rings (SSSR count). The summed E-state index contributed by atoms with van der Waals surface area (Å²) < 4.78 is 27.0. The lowest BCUT2D eigenvalue weighted by Crippen LogP contribution is -2.27. The maximum absolute atomic E-state index is 13.5. The Bertz CT molecular complexity index is 441. The van der Waals surface area contributed by atoms with Crippen LogP contribution in [0.1, 0.15) is 13.8 Å². The van der Waals surface area contributed by atoms with E-state index in [1.54, 1.807) is 13.8 Å². The van der Waals surface area contributed by atoms with Gasteiger partial charge in [-0.1, -0.05) is 13.8 Å². The molecule has 0 unspecified atom stereocenters. The van der Waals surface area contributed by atoms with Crippen molar-refractivity contribution in [3.05, 3.63) is 33.9 Å². The fourth-order valence-electron chi connectivity index (χ4n) is 1.22. The fraction of sp³-hybridized carbons (Fsp3) is 0.455. The molecule has 0 amide bonds. The molecule has 0 bridgehead atoms. The lowest BCUT2D eigenvalue weighted by atomic mass is 9.95. The first-order valence-corrected chi connectivity index (χ1v) is 5.25. The first kappa shape index (κ1) is 14.3. The molecular weight excluding hydrogens is 246 g/mol. The molecule has 1 aromatic carbocycles. The van der Waals surface area contributed by atoms with Crippen LogP contribution in [0, 0.1) is 27.2 Å². The third-order valence-corrected chi connectivity index (χ3v) is 2.41. The van der Waals surface area contributed by atoms with Gasteiger partial charge in [-0.2, -0.15) is 0 Å². The van der Waals surface area contributed by atoms with E-state index < -0.39 is 33.3 Å². The van der Waals surface area contributed by atoms with Crippen molar-refractivity contribution in [2.75, 3.05) is 18.5 Å². The highest BCUT2D eigenvalue weighted by atomic mass is 19.1. The number of anilines is 1. The van der Waals surface area contributed by atoms with E-state index >= 15 is 0 Å². The Morgan fingerprint density at radius 3 is 2.28 bits per heavy atom. The standard InChI is InChI=1S/C11H14F2N2O3/c1-11(2,6-16)5-14-10-8(12)3-7(15(17)18)4-9(10)13/h3-4,14,16H,5-6H2,1-2H3. The van der Waals surface area contributed by atoms with Crippen molar-refractivity contribution in [1.82, 2.24) is 0 Å². The predicted octanol–water partition coefficient (Wildman–Crippen LogP) is 2.30. The lowest BCUT2D eigenvalue weighted by molar-refractivity contribution is -0.385. The van der Waals surface area contributed by atoms with Crippen molar-refractivity contribution in [2.24, 2.45) is 5.41 Å². The second kappa shape index (κ2) is 5.26. The molecule has 0 fully saturated rings. The van der Waals surface area contributed by atoms with E-state index in [2.05, 4.69) is 5.32 Å². The molecule has 100 valence electrons. The van der Waals surface area contributed by atoms with E-state index in [0.29, 0.717) is 12.1 Å². The molecule has 1 aromatic rings. The summed E-state index contributed by atoms with van der Waals surface area (Å²) in [5.41, 5.74) is -1.63. The van der Waals surface area contributed by atoms with Gasteiger partial charge in [-0.3, -0.25) is 10.1 Å². The number of aliphatic hydroxyl groups is 1. The number of non-ortho nitro benzene ring substituents is 1. The maximum Gasteiger partial charge on any atom is 0.275 e. The van der Waals surface area contributed by atoms with Crippen molar-refractivity contribution in [1.29, 1.82) is 0 Å². The average Bonchev–Trinajstić information content (AvgIpc) is 2.27. The van der Waals surface area contributed by atoms with Gasteiger partial charge < -0.3 is 10.4 Å². The number of hydrogen-bond donors (Lipinski definition) is 2. The van der Waals surface area contributed by atoms with Gasteiger partial charge >= 0.3 is 0 Å². The zero-order valence-corrected chi connectivity index (χ0v) is 10.0. The maximum atomic E-state index is 13.5. The Kier molecular flexibility index (Phi) is 4.18. The van der Waals surface area contributed by atoms with Crippen molar-refractivity contribution >= 4 is 11.4 Å². The highest BCUT2D eigenvalue weighted by Crippen LogP contribution is 2.26. The molecule has 0 saturated carbocycles. The molecule has 2 N–H and O–H groups in total. The number of nitro groups is 1. The van der Waals surface area contributed by atoms with Gasteiger partial charge in [0.25, 0.3) is 5.69 Å². The Morgan fingerprint density at radius 1 is 1.39 bits per heavy atom. The first-order chi connectivity index (χ1) is 8.26. The van der Waals surface area contributed by atoms with Crippen LogP contribution in [-0.4, -0.2) is 23.2 Å². The second-order valence-corrected chi connectivity index (χ2v) is 4.72. The van der Waals surface area contributed by atoms with Crippen LogP contribution in [0.3, 0.4) is 0 Å². The summed E-state index contributed by atoms with van der Waals surface area (Å²) in [6.07, 6.45) is 0. The highest BCUT2D eigenvalue weighted by Gasteiger charge is 2.20. The number of aliphatic hydroxyl groups excluding tert-OH is 1. The number of halogens is 2. The molecule has 7 heteroatoms. The SMILES string of the molecule is CC(C)(CO)CNc1c(F)cc([N+](=O)[O-])cc1F. The molecule has 0 aliphatic rings. The number of nitrogens with zero attached hydrogens (tertiary/aromatic N) is 1. The van der Waals surface area contributed by atoms with E-state index in [4.69, 9.17) is 5.11 Å². The molecule has 0 aliphatic heterocycles. The molecule has 0 saturated heterocycles. The number of hydrogen-bond acceptors (Lipinski definition) is 4. The van der Waals surface area contributed by atoms with Crippen molar-refractivity contribution < 1.29 is 18.8 Å². The van der Waals surface area contributed by atoms with Crippen LogP contribution in [0.25, 0.3) is 0 Å². The molecule has 0 aromatic heterocycles. The highest BCUT2D eigenvalue weighted by molar-refractivity contribution is 5.51. The molecule has 0 atom stereocenters. The summed E-state index contributed by atoms with van der Waals surface area (Å²) in [6, 6.07) is 1.30. The minimum Gasteiger partial charge on any atom is -0.396 e. The quantitative estimate of drug-likeness (QED) is 0.629. The van der Waals surface area contributed by atoms with E-state index in [-0.39, 0.29) is 13.2 Å². The summed E-state index contributed by atoms with van der Waals surface area (Å²) >= 11 is 0. The molecule has 0 spiro atoms. The van der Waals surface area contributed by atoms with Gasteiger partial charge in [0, 0.05) is 18.6 Å². The number of nitro benzene ring substituents is 1. The molecule has 0 aliphatic carbocycles. The van der Waals surface area contributed by atoms with E-state index in [0.717, 1.165) is 0 Å². The van der Waals surface area contributed by atoms with Gasteiger partial charge in [-0.25, -0.2) is 8.78 Å². The summed E-state index contributed by atoms with van der Waals surface area (Å²) in [5, 5.41) is 21.9. The number of nitrogens with one attached hydrogen (secondary N) is 1. The molecule has 0 radical (unpaired) electrons. The zero-order chi connectivity index (χ0) is 13.9. The van der Waals surface area contributed by atoms with Gasteiger partial charge in [0.2, 0.25) is 0 Å². The average molecular weight is 260 g/mol. The van der Waals surface area contributed by atoms with Crippen LogP contribution >= 0.6 is 0 Å². The minimum atomic E-state index is -1.03. The van der Waals surface area contributed by atoms with Gasteiger partial charge in [0.1, 0.15) is 5.69 Å². The topological polar surface area (TPSA) is 75.4 Å². The Balaban J connectivity index is 2.94. The number of rotatable bonds is 5. The minimum absolute atomic E-state index is 0.134. The predicted molar refractivity (Wildman–Crippen MR) is 62.4 cm³/mol. The third-order valence-electron chi connectivity index (χ3n) is 2.41. The summed E-state index contributed by atoms with van der Waals surface area (Å²) in [5.74, 6) is -2.06. The van der Waals surface area contributed by atoms with Crippen LogP contribution in [0.15, 0.2) is 12.1 Å². The van der Waals surface area contributed by atoms with Crippen LogP contribution in [0.4, 0.5) is 20.2 Å². The van der Waals surface area contributed by atoms with Crippen LogP contribution in [0.2, 0.25) is 0 Å². The smallest absolute Gasteiger partial charge is 0.275 e. The van der Waals surface area contributed by atoms with Crippen molar-refractivity contribution in [3.8, 4) is 0 Å². The van der Waals surface area contributed by atoms with Crippen LogP contribution < -0.4 is 5.32 Å².